The SMILES string of the molecule is Clc1ccc2nc(C3CCN(C[C@H]4COc5ccccc5O4)CC3)[nH]c2c1. The Balaban J connectivity index is 1.19. The summed E-state index contributed by atoms with van der Waals surface area (Å²) < 4.78 is 11.9. The normalized spacial score (nSPS) is 20.9. The number of H-pyrrole nitrogens is 1. The molecule has 1 N–H and O–H groups in total. The Morgan fingerprint density at radius 2 is 1.93 bits per heavy atom. The fraction of sp³-hybridized carbons (Fsp3) is 0.381. The fourth-order valence-electron chi connectivity index (χ4n) is 4.02. The van der Waals surface area contributed by atoms with Crippen LogP contribution in [0.4, 0.5) is 0 Å². The van der Waals surface area contributed by atoms with E-state index in [4.69, 9.17) is 26.1 Å². The minimum atomic E-state index is 0.0878. The lowest BCUT2D eigenvalue weighted by atomic mass is 9.96. The molecule has 6 heteroatoms. The van der Waals surface area contributed by atoms with Crippen LogP contribution in [0.2, 0.25) is 5.02 Å². The van der Waals surface area contributed by atoms with Gasteiger partial charge in [0.25, 0.3) is 0 Å². The number of aromatic nitrogens is 2. The molecule has 5 rings (SSSR count). The van der Waals surface area contributed by atoms with Gasteiger partial charge in [-0.25, -0.2) is 4.98 Å². The van der Waals surface area contributed by atoms with Crippen molar-refractivity contribution in [2.45, 2.75) is 24.9 Å². The van der Waals surface area contributed by atoms with Gasteiger partial charge >= 0.3 is 0 Å². The Morgan fingerprint density at radius 3 is 2.78 bits per heavy atom. The lowest BCUT2D eigenvalue weighted by Gasteiger charge is -2.35. The van der Waals surface area contributed by atoms with Gasteiger partial charge in [-0.3, -0.25) is 4.90 Å². The largest absolute Gasteiger partial charge is 0.486 e. The highest BCUT2D eigenvalue weighted by Gasteiger charge is 2.27. The first kappa shape index (κ1) is 16.9. The predicted octanol–water partition coefficient (Wildman–Crippen LogP) is 4.24. The first-order valence-corrected chi connectivity index (χ1v) is 9.88. The second-order valence-corrected chi connectivity index (χ2v) is 7.79. The predicted molar refractivity (Wildman–Crippen MR) is 106 cm³/mol. The Morgan fingerprint density at radius 1 is 1.11 bits per heavy atom. The molecule has 5 nitrogen and oxygen atoms in total. The number of nitrogens with zero attached hydrogens (tertiary/aromatic N) is 2. The molecular weight excluding hydrogens is 362 g/mol. The van der Waals surface area contributed by atoms with Gasteiger partial charge in [0.15, 0.2) is 11.5 Å². The van der Waals surface area contributed by atoms with Crippen LogP contribution in [0.15, 0.2) is 42.5 Å². The number of hydrogen-bond donors (Lipinski definition) is 1. The number of ether oxygens (including phenoxy) is 2. The van der Waals surface area contributed by atoms with E-state index in [-0.39, 0.29) is 6.10 Å². The van der Waals surface area contributed by atoms with E-state index >= 15 is 0 Å². The molecule has 0 bridgehead atoms. The Labute approximate surface area is 163 Å². The van der Waals surface area contributed by atoms with Crippen LogP contribution >= 0.6 is 11.6 Å². The molecule has 0 spiro atoms. The molecule has 0 amide bonds. The Hall–Kier alpha value is -2.24. The van der Waals surface area contributed by atoms with Crippen molar-refractivity contribution in [3.8, 4) is 11.5 Å². The first-order chi connectivity index (χ1) is 13.2. The number of rotatable bonds is 3. The minimum absolute atomic E-state index is 0.0878. The lowest BCUT2D eigenvalue weighted by Crippen LogP contribution is -2.44. The van der Waals surface area contributed by atoms with E-state index in [2.05, 4.69) is 9.88 Å². The topological polar surface area (TPSA) is 50.4 Å². The molecule has 1 fully saturated rings. The molecule has 1 aromatic heterocycles. The van der Waals surface area contributed by atoms with Gasteiger partial charge in [-0.2, -0.15) is 0 Å². The Bertz CT molecular complexity index is 950. The molecule has 1 saturated heterocycles. The molecule has 27 heavy (non-hydrogen) atoms. The maximum atomic E-state index is 6.10. The molecule has 0 unspecified atom stereocenters. The van der Waals surface area contributed by atoms with Gasteiger partial charge < -0.3 is 14.5 Å². The Kier molecular flexibility index (Phi) is 4.42. The van der Waals surface area contributed by atoms with Crippen molar-refractivity contribution in [2.24, 2.45) is 0 Å². The van der Waals surface area contributed by atoms with E-state index in [0.717, 1.165) is 65.9 Å². The summed E-state index contributed by atoms with van der Waals surface area (Å²) >= 11 is 6.08. The van der Waals surface area contributed by atoms with E-state index in [1.807, 2.05) is 42.5 Å². The molecule has 0 radical (unpaired) electrons. The van der Waals surface area contributed by atoms with Gasteiger partial charge in [-0.15, -0.1) is 0 Å². The van der Waals surface area contributed by atoms with Crippen LogP contribution in [-0.2, 0) is 0 Å². The first-order valence-electron chi connectivity index (χ1n) is 9.50. The second-order valence-electron chi connectivity index (χ2n) is 7.36. The summed E-state index contributed by atoms with van der Waals surface area (Å²) in [7, 11) is 0. The third-order valence-corrected chi connectivity index (χ3v) is 5.70. The number of para-hydroxylation sites is 2. The van der Waals surface area contributed by atoms with Gasteiger partial charge in [0.1, 0.15) is 18.5 Å². The summed E-state index contributed by atoms with van der Waals surface area (Å²) in [6.07, 6.45) is 2.28. The van der Waals surface area contributed by atoms with Crippen molar-refractivity contribution < 1.29 is 9.47 Å². The molecule has 2 aliphatic heterocycles. The second kappa shape index (κ2) is 7.06. The zero-order valence-corrected chi connectivity index (χ0v) is 15.8. The monoisotopic (exact) mass is 383 g/mol. The van der Waals surface area contributed by atoms with E-state index < -0.39 is 0 Å². The standard InChI is InChI=1S/C21H22ClN3O2/c22-15-5-6-17-18(11-15)24-21(23-17)14-7-9-25(10-8-14)12-16-13-26-19-3-1-2-4-20(19)27-16/h1-6,11,14,16H,7-10,12-13H2,(H,23,24)/t16-/m0/s1. The number of hydrogen-bond acceptors (Lipinski definition) is 4. The van der Waals surface area contributed by atoms with Crippen molar-refractivity contribution in [3.05, 3.63) is 53.3 Å². The van der Waals surface area contributed by atoms with Crippen LogP contribution in [0, 0.1) is 0 Å². The number of benzene rings is 2. The number of fused-ring (bicyclic) bond motifs is 2. The summed E-state index contributed by atoms with van der Waals surface area (Å²) in [6, 6.07) is 13.7. The van der Waals surface area contributed by atoms with Gasteiger partial charge in [0.05, 0.1) is 11.0 Å². The van der Waals surface area contributed by atoms with E-state index in [0.29, 0.717) is 12.5 Å². The highest BCUT2D eigenvalue weighted by molar-refractivity contribution is 6.31. The maximum Gasteiger partial charge on any atom is 0.161 e. The molecule has 140 valence electrons. The summed E-state index contributed by atoms with van der Waals surface area (Å²) in [4.78, 5) is 10.7. The quantitative estimate of drug-likeness (QED) is 0.735. The number of halogens is 1. The summed E-state index contributed by atoms with van der Waals surface area (Å²) in [6.45, 7) is 3.60. The molecule has 2 aromatic carbocycles. The van der Waals surface area contributed by atoms with Crippen LogP contribution in [-0.4, -0.2) is 47.2 Å². The molecule has 3 heterocycles. The van der Waals surface area contributed by atoms with Crippen molar-refractivity contribution in [1.29, 1.82) is 0 Å². The van der Waals surface area contributed by atoms with Crippen LogP contribution in [0.3, 0.4) is 0 Å². The third-order valence-electron chi connectivity index (χ3n) is 5.47. The lowest BCUT2D eigenvalue weighted by molar-refractivity contribution is 0.0511. The highest BCUT2D eigenvalue weighted by atomic mass is 35.5. The van der Waals surface area contributed by atoms with Gasteiger partial charge in [0.2, 0.25) is 0 Å². The van der Waals surface area contributed by atoms with E-state index in [1.54, 1.807) is 0 Å². The number of piperidine rings is 1. The molecule has 1 atom stereocenters. The summed E-state index contributed by atoms with van der Waals surface area (Å²) in [5.41, 5.74) is 2.01. The van der Waals surface area contributed by atoms with E-state index in [1.165, 1.54) is 0 Å². The van der Waals surface area contributed by atoms with Gasteiger partial charge in [-0.05, 0) is 56.3 Å². The van der Waals surface area contributed by atoms with Crippen LogP contribution in [0.1, 0.15) is 24.6 Å². The third kappa shape index (κ3) is 3.49. The zero-order valence-electron chi connectivity index (χ0n) is 15.0. The van der Waals surface area contributed by atoms with Gasteiger partial charge in [0, 0.05) is 17.5 Å². The van der Waals surface area contributed by atoms with Crippen LogP contribution in [0.5, 0.6) is 11.5 Å². The average Bonchev–Trinajstić information content (AvgIpc) is 3.11. The smallest absolute Gasteiger partial charge is 0.161 e. The van der Waals surface area contributed by atoms with Crippen molar-refractivity contribution in [3.63, 3.8) is 0 Å². The molecule has 0 saturated carbocycles. The molecule has 3 aromatic rings. The zero-order chi connectivity index (χ0) is 18.2. The van der Waals surface area contributed by atoms with Crippen LogP contribution < -0.4 is 9.47 Å². The summed E-state index contributed by atoms with van der Waals surface area (Å²) in [5.74, 6) is 3.25. The molecular formula is C21H22ClN3O2. The molecule has 0 aliphatic carbocycles. The maximum absolute atomic E-state index is 6.10. The van der Waals surface area contributed by atoms with Crippen molar-refractivity contribution >= 4 is 22.6 Å². The number of likely N-dealkylation sites (tertiary alicyclic amines) is 1. The van der Waals surface area contributed by atoms with E-state index in [9.17, 15) is 0 Å². The van der Waals surface area contributed by atoms with Crippen molar-refractivity contribution in [1.82, 2.24) is 14.9 Å². The highest BCUT2D eigenvalue weighted by Crippen LogP contribution is 2.32. The number of aromatic amines is 1. The summed E-state index contributed by atoms with van der Waals surface area (Å²) in [5, 5.41) is 0.740. The van der Waals surface area contributed by atoms with Crippen LogP contribution in [0.25, 0.3) is 11.0 Å². The number of nitrogens with one attached hydrogen (secondary N) is 1. The minimum Gasteiger partial charge on any atom is -0.486 e. The fourth-order valence-corrected chi connectivity index (χ4v) is 4.20. The van der Waals surface area contributed by atoms with Crippen molar-refractivity contribution in [2.75, 3.05) is 26.2 Å². The number of imidazole rings is 1. The van der Waals surface area contributed by atoms with Gasteiger partial charge in [-0.1, -0.05) is 23.7 Å². The average molecular weight is 384 g/mol. The molecule has 2 aliphatic rings.